The number of nitrogens with one attached hydrogen (secondary N) is 2. The van der Waals surface area contributed by atoms with Crippen molar-refractivity contribution in [2.75, 3.05) is 18.5 Å². The van der Waals surface area contributed by atoms with Crippen LogP contribution in [0.4, 0.5) is 10.5 Å². The van der Waals surface area contributed by atoms with Gasteiger partial charge in [0.1, 0.15) is 6.61 Å². The zero-order chi connectivity index (χ0) is 22.6. The number of carbonyl (C=O) groups is 2. The van der Waals surface area contributed by atoms with Gasteiger partial charge in [0.2, 0.25) is 5.91 Å². The summed E-state index contributed by atoms with van der Waals surface area (Å²) in [5, 5.41) is 5.66. The van der Waals surface area contributed by atoms with Crippen LogP contribution in [0.15, 0.2) is 66.7 Å². The molecule has 1 heterocycles. The fraction of sp³-hybridized carbons (Fsp3) is 0.214. The van der Waals surface area contributed by atoms with Gasteiger partial charge in [-0.05, 0) is 52.4 Å². The van der Waals surface area contributed by atoms with Gasteiger partial charge in [-0.1, -0.05) is 60.4 Å². The molecule has 5 nitrogen and oxygen atoms in total. The Morgan fingerprint density at radius 3 is 2.48 bits per heavy atom. The van der Waals surface area contributed by atoms with E-state index in [9.17, 15) is 9.59 Å². The van der Waals surface area contributed by atoms with Crippen LogP contribution in [-0.4, -0.2) is 25.2 Å². The molecule has 1 aliphatic heterocycles. The van der Waals surface area contributed by atoms with Crippen LogP contribution in [0.1, 0.15) is 41.0 Å². The Hall–Kier alpha value is -4.04. The molecule has 5 rings (SSSR count). The first-order valence-electron chi connectivity index (χ1n) is 11.2. The van der Waals surface area contributed by atoms with E-state index in [4.69, 9.17) is 4.74 Å². The van der Waals surface area contributed by atoms with Crippen LogP contribution in [0.5, 0.6) is 0 Å². The highest BCUT2D eigenvalue weighted by Crippen LogP contribution is 2.44. The van der Waals surface area contributed by atoms with E-state index in [1.54, 1.807) is 0 Å². The Kier molecular flexibility index (Phi) is 5.82. The van der Waals surface area contributed by atoms with Gasteiger partial charge in [-0.25, -0.2) is 4.79 Å². The average molecular weight is 437 g/mol. The van der Waals surface area contributed by atoms with Crippen molar-refractivity contribution in [1.82, 2.24) is 5.32 Å². The molecule has 3 aromatic carbocycles. The number of rotatable bonds is 4. The van der Waals surface area contributed by atoms with Gasteiger partial charge < -0.3 is 15.4 Å². The number of benzene rings is 3. The van der Waals surface area contributed by atoms with Crippen LogP contribution in [-0.2, 0) is 16.0 Å². The number of hydrogen-bond acceptors (Lipinski definition) is 3. The van der Waals surface area contributed by atoms with Crippen LogP contribution in [0.25, 0.3) is 11.1 Å². The Morgan fingerprint density at radius 1 is 1.00 bits per heavy atom. The lowest BCUT2D eigenvalue weighted by Crippen LogP contribution is -2.26. The lowest BCUT2D eigenvalue weighted by atomic mass is 9.98. The van der Waals surface area contributed by atoms with Crippen molar-refractivity contribution in [2.24, 2.45) is 0 Å². The lowest BCUT2D eigenvalue weighted by Gasteiger charge is -2.16. The minimum Gasteiger partial charge on any atom is -0.449 e. The van der Waals surface area contributed by atoms with Crippen molar-refractivity contribution in [2.45, 2.75) is 25.2 Å². The molecule has 0 bridgehead atoms. The largest absolute Gasteiger partial charge is 0.449 e. The van der Waals surface area contributed by atoms with E-state index in [0.29, 0.717) is 26.0 Å². The van der Waals surface area contributed by atoms with E-state index in [0.717, 1.165) is 23.2 Å². The molecule has 0 saturated heterocycles. The van der Waals surface area contributed by atoms with E-state index in [-0.39, 0.29) is 11.8 Å². The SMILES string of the molecule is O=C1CCc2cc(C#CCCNC(=O)OCC3c4ccccc4-c4ccccc43)ccc2N1. The molecule has 0 unspecified atom stereocenters. The Morgan fingerprint density at radius 2 is 1.73 bits per heavy atom. The number of fused-ring (bicyclic) bond motifs is 4. The van der Waals surface area contributed by atoms with Crippen molar-refractivity contribution in [3.8, 4) is 23.0 Å². The van der Waals surface area contributed by atoms with Crippen molar-refractivity contribution in [3.05, 3.63) is 89.0 Å². The van der Waals surface area contributed by atoms with E-state index in [1.165, 1.54) is 22.3 Å². The summed E-state index contributed by atoms with van der Waals surface area (Å²) in [6.45, 7) is 0.724. The summed E-state index contributed by atoms with van der Waals surface area (Å²) in [4.78, 5) is 23.7. The standard InChI is InChI=1S/C28H24N2O3/c31-27-15-13-20-17-19(12-14-26(20)30-27)7-5-6-16-29-28(32)33-18-25-23-10-3-1-8-21(23)22-9-2-4-11-24(22)25/h1-4,8-12,14,17,25H,6,13,15-16,18H2,(H,29,32)(H,30,31). The maximum Gasteiger partial charge on any atom is 0.407 e. The van der Waals surface area contributed by atoms with Gasteiger partial charge >= 0.3 is 6.09 Å². The van der Waals surface area contributed by atoms with E-state index in [2.05, 4.69) is 46.7 Å². The molecule has 2 N–H and O–H groups in total. The van der Waals surface area contributed by atoms with Gasteiger partial charge in [0.25, 0.3) is 0 Å². The van der Waals surface area contributed by atoms with Gasteiger partial charge in [-0.3, -0.25) is 4.79 Å². The predicted octanol–water partition coefficient (Wildman–Crippen LogP) is 4.85. The summed E-state index contributed by atoms with van der Waals surface area (Å²) in [6, 6.07) is 22.4. The molecular weight excluding hydrogens is 412 g/mol. The third-order valence-electron chi connectivity index (χ3n) is 6.10. The predicted molar refractivity (Wildman–Crippen MR) is 128 cm³/mol. The Labute approximate surface area is 193 Å². The molecule has 2 aliphatic rings. The molecule has 0 spiro atoms. The highest BCUT2D eigenvalue weighted by molar-refractivity contribution is 5.94. The van der Waals surface area contributed by atoms with Gasteiger partial charge in [0.05, 0.1) is 0 Å². The van der Waals surface area contributed by atoms with Crippen LogP contribution in [0, 0.1) is 11.8 Å². The number of anilines is 1. The molecular formula is C28H24N2O3. The first-order chi connectivity index (χ1) is 16.2. The normalized spacial score (nSPS) is 13.6. The van der Waals surface area contributed by atoms with Crippen molar-refractivity contribution in [3.63, 3.8) is 0 Å². The fourth-order valence-corrected chi connectivity index (χ4v) is 4.50. The molecule has 2 amide bonds. The van der Waals surface area contributed by atoms with Crippen LogP contribution >= 0.6 is 0 Å². The number of aryl methyl sites for hydroxylation is 1. The number of ether oxygens (including phenoxy) is 1. The minimum atomic E-state index is -0.428. The third-order valence-corrected chi connectivity index (χ3v) is 6.10. The van der Waals surface area contributed by atoms with E-state index >= 15 is 0 Å². The summed E-state index contributed by atoms with van der Waals surface area (Å²) < 4.78 is 5.54. The fourth-order valence-electron chi connectivity index (χ4n) is 4.50. The van der Waals surface area contributed by atoms with Gasteiger partial charge in [-0.2, -0.15) is 0 Å². The summed E-state index contributed by atoms with van der Waals surface area (Å²) in [7, 11) is 0. The molecule has 0 atom stereocenters. The van der Waals surface area contributed by atoms with Crippen LogP contribution in [0.3, 0.4) is 0 Å². The quantitative estimate of drug-likeness (QED) is 0.454. The maximum atomic E-state index is 12.2. The average Bonchev–Trinajstić information content (AvgIpc) is 3.16. The molecule has 0 aromatic heterocycles. The van der Waals surface area contributed by atoms with Crippen molar-refractivity contribution >= 4 is 17.7 Å². The maximum absolute atomic E-state index is 12.2. The lowest BCUT2D eigenvalue weighted by molar-refractivity contribution is -0.116. The van der Waals surface area contributed by atoms with Gasteiger partial charge in [0.15, 0.2) is 0 Å². The molecule has 3 aromatic rings. The number of hydrogen-bond donors (Lipinski definition) is 2. The topological polar surface area (TPSA) is 67.4 Å². The number of alkyl carbamates (subject to hydrolysis) is 1. The third kappa shape index (κ3) is 4.47. The van der Waals surface area contributed by atoms with Crippen LogP contribution in [0.2, 0.25) is 0 Å². The molecule has 1 aliphatic carbocycles. The molecule has 33 heavy (non-hydrogen) atoms. The van der Waals surface area contributed by atoms with Gasteiger partial charge in [-0.15, -0.1) is 0 Å². The van der Waals surface area contributed by atoms with E-state index < -0.39 is 6.09 Å². The number of amides is 2. The summed E-state index contributed by atoms with van der Waals surface area (Å²) in [6.07, 6.45) is 1.34. The second kappa shape index (κ2) is 9.22. The summed E-state index contributed by atoms with van der Waals surface area (Å²) >= 11 is 0. The molecule has 0 radical (unpaired) electrons. The highest BCUT2D eigenvalue weighted by Gasteiger charge is 2.28. The van der Waals surface area contributed by atoms with Crippen molar-refractivity contribution in [1.29, 1.82) is 0 Å². The minimum absolute atomic E-state index is 0.0525. The molecule has 0 fully saturated rings. The zero-order valence-electron chi connectivity index (χ0n) is 18.2. The van der Waals surface area contributed by atoms with Crippen LogP contribution < -0.4 is 10.6 Å². The first-order valence-corrected chi connectivity index (χ1v) is 11.2. The summed E-state index contributed by atoms with van der Waals surface area (Å²) in [5.74, 6) is 6.32. The Bertz CT molecular complexity index is 1240. The number of carbonyl (C=O) groups excluding carboxylic acids is 2. The summed E-state index contributed by atoms with van der Waals surface area (Å²) in [5.41, 5.74) is 7.70. The second-order valence-corrected chi connectivity index (χ2v) is 8.22. The second-order valence-electron chi connectivity index (χ2n) is 8.22. The molecule has 5 heteroatoms. The molecule has 0 saturated carbocycles. The zero-order valence-corrected chi connectivity index (χ0v) is 18.2. The monoisotopic (exact) mass is 436 g/mol. The van der Waals surface area contributed by atoms with E-state index in [1.807, 2.05) is 42.5 Å². The Balaban J connectivity index is 1.11. The smallest absolute Gasteiger partial charge is 0.407 e. The highest BCUT2D eigenvalue weighted by atomic mass is 16.5. The molecule has 164 valence electrons. The van der Waals surface area contributed by atoms with Gasteiger partial charge in [0, 0.05) is 36.6 Å². The first kappa shape index (κ1) is 20.8. The van der Waals surface area contributed by atoms with Crippen molar-refractivity contribution < 1.29 is 14.3 Å².